The van der Waals surface area contributed by atoms with Gasteiger partial charge in [0.25, 0.3) is 11.5 Å². The highest BCUT2D eigenvalue weighted by molar-refractivity contribution is 6.07. The largest absolute Gasteiger partial charge is 0.493 e. The van der Waals surface area contributed by atoms with Gasteiger partial charge < -0.3 is 18.9 Å². The van der Waals surface area contributed by atoms with Crippen LogP contribution >= 0.6 is 0 Å². The highest BCUT2D eigenvalue weighted by Gasteiger charge is 2.29. The molecule has 2 aromatic carbocycles. The van der Waals surface area contributed by atoms with Gasteiger partial charge in [-0.05, 0) is 49.6 Å². The van der Waals surface area contributed by atoms with Gasteiger partial charge in [0.15, 0.2) is 11.5 Å². The summed E-state index contributed by atoms with van der Waals surface area (Å²) in [5.74, 6) is 0.128. The fraction of sp³-hybridized carbons (Fsp3) is 0.308. The van der Waals surface area contributed by atoms with Crippen molar-refractivity contribution < 1.29 is 18.7 Å². The van der Waals surface area contributed by atoms with Crippen LogP contribution in [0.25, 0.3) is 27.4 Å². The van der Waals surface area contributed by atoms with Crippen molar-refractivity contribution in [2.45, 2.75) is 25.3 Å². The smallest absolute Gasteiger partial charge is 0.263 e. The standard InChI is InChI=1S/C26H26FN3O4/c1-28-9-8-17-21(28)10-15(27)11-22(17)30-14-20(25(31)29(2)16-6-5-7-16)18-12-23(33-3)24(34-4)13-19(18)26(30)32/h8-14,16H,5-7H2,1-4H3. The molecule has 1 fully saturated rings. The third-order valence-electron chi connectivity index (χ3n) is 6.90. The third-order valence-corrected chi connectivity index (χ3v) is 6.90. The monoisotopic (exact) mass is 463 g/mol. The van der Waals surface area contributed by atoms with Gasteiger partial charge in [-0.25, -0.2) is 4.39 Å². The minimum atomic E-state index is -0.469. The molecular weight excluding hydrogens is 437 g/mol. The number of hydrogen-bond donors (Lipinski definition) is 0. The summed E-state index contributed by atoms with van der Waals surface area (Å²) in [6.45, 7) is 0. The van der Waals surface area contributed by atoms with Gasteiger partial charge in [0.1, 0.15) is 5.82 Å². The number of aromatic nitrogens is 2. The van der Waals surface area contributed by atoms with Gasteiger partial charge in [-0.1, -0.05) is 0 Å². The van der Waals surface area contributed by atoms with Crippen LogP contribution in [0.2, 0.25) is 0 Å². The first-order chi connectivity index (χ1) is 16.3. The minimum absolute atomic E-state index is 0.165. The van der Waals surface area contributed by atoms with Crippen molar-refractivity contribution in [3.8, 4) is 17.2 Å². The molecule has 0 unspecified atom stereocenters. The summed E-state index contributed by atoms with van der Waals surface area (Å²) in [7, 11) is 6.59. The van der Waals surface area contributed by atoms with Crippen molar-refractivity contribution in [2.75, 3.05) is 21.3 Å². The van der Waals surface area contributed by atoms with Gasteiger partial charge in [0.05, 0.1) is 36.4 Å². The van der Waals surface area contributed by atoms with Crippen molar-refractivity contribution >= 4 is 27.6 Å². The highest BCUT2D eigenvalue weighted by Crippen LogP contribution is 2.34. The van der Waals surface area contributed by atoms with Crippen LogP contribution in [-0.4, -0.2) is 47.3 Å². The van der Waals surface area contributed by atoms with E-state index in [1.807, 2.05) is 19.3 Å². The molecule has 0 bridgehead atoms. The molecule has 1 aliphatic rings. The van der Waals surface area contributed by atoms with Crippen LogP contribution in [0, 0.1) is 5.82 Å². The van der Waals surface area contributed by atoms with Crippen LogP contribution in [0.4, 0.5) is 4.39 Å². The molecule has 2 aromatic heterocycles. The fourth-order valence-corrected chi connectivity index (χ4v) is 4.66. The van der Waals surface area contributed by atoms with E-state index in [1.165, 1.54) is 37.1 Å². The number of aryl methyl sites for hydroxylation is 1. The Kier molecular flexibility index (Phi) is 5.31. The van der Waals surface area contributed by atoms with E-state index in [4.69, 9.17) is 9.47 Å². The topological polar surface area (TPSA) is 65.7 Å². The molecule has 4 aromatic rings. The van der Waals surface area contributed by atoms with Gasteiger partial charge in [0.2, 0.25) is 0 Å². The molecule has 8 heteroatoms. The lowest BCUT2D eigenvalue weighted by molar-refractivity contribution is 0.0653. The lowest BCUT2D eigenvalue weighted by Crippen LogP contribution is -2.41. The molecular formula is C26H26FN3O4. The first-order valence-corrected chi connectivity index (χ1v) is 11.2. The van der Waals surface area contributed by atoms with Gasteiger partial charge >= 0.3 is 0 Å². The first-order valence-electron chi connectivity index (χ1n) is 11.2. The molecule has 5 rings (SSSR count). The zero-order valence-electron chi connectivity index (χ0n) is 19.6. The number of rotatable bonds is 5. The third kappa shape index (κ3) is 3.32. The molecule has 7 nitrogen and oxygen atoms in total. The number of amides is 1. The van der Waals surface area contributed by atoms with Crippen LogP contribution < -0.4 is 15.0 Å². The summed E-state index contributed by atoms with van der Waals surface area (Å²) >= 11 is 0. The number of pyridine rings is 1. The Bertz CT molecular complexity index is 1500. The molecule has 0 radical (unpaired) electrons. The molecule has 2 heterocycles. The zero-order chi connectivity index (χ0) is 24.1. The Labute approximate surface area is 195 Å². The van der Waals surface area contributed by atoms with E-state index in [1.54, 1.807) is 28.6 Å². The minimum Gasteiger partial charge on any atom is -0.493 e. The van der Waals surface area contributed by atoms with E-state index in [9.17, 15) is 14.0 Å². The van der Waals surface area contributed by atoms with Crippen molar-refractivity contribution in [1.82, 2.24) is 14.0 Å². The highest BCUT2D eigenvalue weighted by atomic mass is 19.1. The SMILES string of the molecule is COc1cc2c(C(=O)N(C)C3CCC3)cn(-c3cc(F)cc4c3ccn4C)c(=O)c2cc1OC. The number of ether oxygens (including phenoxy) is 2. The number of methoxy groups -OCH3 is 2. The van der Waals surface area contributed by atoms with Crippen molar-refractivity contribution in [3.05, 3.63) is 64.5 Å². The van der Waals surface area contributed by atoms with Crippen molar-refractivity contribution in [3.63, 3.8) is 0 Å². The number of benzene rings is 2. The average molecular weight is 464 g/mol. The summed E-state index contributed by atoms with van der Waals surface area (Å²) in [6.07, 6.45) is 6.32. The molecule has 1 amide bonds. The molecule has 0 N–H and O–H groups in total. The van der Waals surface area contributed by atoms with Crippen LogP contribution in [0.1, 0.15) is 29.6 Å². The van der Waals surface area contributed by atoms with Gasteiger partial charge in [-0.3, -0.25) is 14.2 Å². The second-order valence-corrected chi connectivity index (χ2v) is 8.76. The Balaban J connectivity index is 1.84. The van der Waals surface area contributed by atoms with Crippen LogP contribution in [-0.2, 0) is 7.05 Å². The Hall–Kier alpha value is -3.81. The number of carbonyl (C=O) groups is 1. The maximum atomic E-state index is 14.6. The number of nitrogens with zero attached hydrogens (tertiary/aromatic N) is 3. The van der Waals surface area contributed by atoms with Crippen LogP contribution in [0.3, 0.4) is 0 Å². The fourth-order valence-electron chi connectivity index (χ4n) is 4.66. The molecule has 176 valence electrons. The number of hydrogen-bond acceptors (Lipinski definition) is 4. The van der Waals surface area contributed by atoms with Gasteiger partial charge in [-0.15, -0.1) is 0 Å². The average Bonchev–Trinajstić information content (AvgIpc) is 3.17. The summed E-state index contributed by atoms with van der Waals surface area (Å²) < 4.78 is 28.6. The lowest BCUT2D eigenvalue weighted by atomic mass is 9.91. The Morgan fingerprint density at radius 1 is 1.06 bits per heavy atom. The van der Waals surface area contributed by atoms with Crippen molar-refractivity contribution in [2.24, 2.45) is 7.05 Å². The number of halogens is 1. The summed E-state index contributed by atoms with van der Waals surface area (Å²) in [6, 6.07) is 7.98. The predicted octanol–water partition coefficient (Wildman–Crippen LogP) is 4.26. The number of fused-ring (bicyclic) bond motifs is 2. The van der Waals surface area contributed by atoms with Crippen LogP contribution in [0.15, 0.2) is 47.5 Å². The lowest BCUT2D eigenvalue weighted by Gasteiger charge is -2.35. The van der Waals surface area contributed by atoms with E-state index in [0.29, 0.717) is 44.4 Å². The summed E-state index contributed by atoms with van der Waals surface area (Å²) in [5, 5.41) is 1.46. The maximum absolute atomic E-state index is 14.6. The molecule has 0 aliphatic heterocycles. The summed E-state index contributed by atoms with van der Waals surface area (Å²) in [5.41, 5.74) is 0.985. The molecule has 34 heavy (non-hydrogen) atoms. The van der Waals surface area contributed by atoms with Gasteiger partial charge in [0, 0.05) is 43.3 Å². The molecule has 0 atom stereocenters. The second kappa shape index (κ2) is 8.20. The Morgan fingerprint density at radius 2 is 1.74 bits per heavy atom. The quantitative estimate of drug-likeness (QED) is 0.444. The van der Waals surface area contributed by atoms with E-state index >= 15 is 0 Å². The molecule has 1 aliphatic carbocycles. The maximum Gasteiger partial charge on any atom is 0.263 e. The van der Waals surface area contributed by atoms with E-state index < -0.39 is 5.82 Å². The molecule has 0 saturated heterocycles. The molecule has 0 spiro atoms. The van der Waals surface area contributed by atoms with Crippen molar-refractivity contribution in [1.29, 1.82) is 0 Å². The molecule has 1 saturated carbocycles. The predicted molar refractivity (Wildman–Crippen MR) is 129 cm³/mol. The van der Waals surface area contributed by atoms with E-state index in [-0.39, 0.29) is 17.5 Å². The van der Waals surface area contributed by atoms with E-state index in [0.717, 1.165) is 19.3 Å². The number of carbonyl (C=O) groups excluding carboxylic acids is 1. The normalized spacial score (nSPS) is 13.8. The van der Waals surface area contributed by atoms with Crippen LogP contribution in [0.5, 0.6) is 11.5 Å². The zero-order valence-corrected chi connectivity index (χ0v) is 19.6. The van der Waals surface area contributed by atoms with E-state index in [2.05, 4.69) is 0 Å². The van der Waals surface area contributed by atoms with Gasteiger partial charge in [-0.2, -0.15) is 0 Å². The first kappa shape index (κ1) is 22.0. The summed E-state index contributed by atoms with van der Waals surface area (Å²) in [4.78, 5) is 29.1. The second-order valence-electron chi connectivity index (χ2n) is 8.76. The Morgan fingerprint density at radius 3 is 2.35 bits per heavy atom.